The van der Waals surface area contributed by atoms with Crippen molar-refractivity contribution in [1.29, 1.82) is 0 Å². The first-order valence-electron chi connectivity index (χ1n) is 9.37. The molecule has 2 aliphatic carbocycles. The minimum absolute atomic E-state index is 0.431. The summed E-state index contributed by atoms with van der Waals surface area (Å²) in [5, 5.41) is 0. The van der Waals surface area contributed by atoms with Gasteiger partial charge in [0.05, 0.1) is 0 Å². The van der Waals surface area contributed by atoms with E-state index in [0.717, 1.165) is 11.8 Å². The van der Waals surface area contributed by atoms with Crippen molar-refractivity contribution in [1.82, 2.24) is 0 Å². The molecule has 4 atom stereocenters. The number of fused-ring (bicyclic) bond motifs is 2. The van der Waals surface area contributed by atoms with Gasteiger partial charge in [0.25, 0.3) is 0 Å². The third-order valence-electron chi connectivity index (χ3n) is 7.18. The van der Waals surface area contributed by atoms with Gasteiger partial charge in [-0.05, 0) is 65.7 Å². The molecule has 0 heteroatoms. The van der Waals surface area contributed by atoms with Gasteiger partial charge >= 0.3 is 0 Å². The summed E-state index contributed by atoms with van der Waals surface area (Å²) < 4.78 is 0. The molecular weight excluding hydrogens is 264 g/mol. The van der Waals surface area contributed by atoms with Crippen LogP contribution in [-0.2, 0) is 5.41 Å². The van der Waals surface area contributed by atoms with Gasteiger partial charge in [-0.2, -0.15) is 0 Å². The maximum atomic E-state index is 2.60. The normalized spacial score (nSPS) is 40.4. The Morgan fingerprint density at radius 1 is 1.00 bits per heavy atom. The Hall–Kier alpha value is -0.780. The average Bonchev–Trinajstić information content (AvgIpc) is 2.45. The zero-order chi connectivity index (χ0) is 16.0. The van der Waals surface area contributed by atoms with Crippen LogP contribution in [0.2, 0.25) is 0 Å². The SMILES string of the molecule is CCCC1(C)C(C)CC2(c3ccccc3)CC1CC(C)(C)C2. The van der Waals surface area contributed by atoms with E-state index in [-0.39, 0.29) is 0 Å². The molecule has 0 aromatic heterocycles. The predicted octanol–water partition coefficient (Wildman–Crippen LogP) is 6.60. The second-order valence-corrected chi connectivity index (χ2v) is 9.45. The molecule has 0 radical (unpaired) electrons. The summed E-state index contributed by atoms with van der Waals surface area (Å²) >= 11 is 0. The van der Waals surface area contributed by atoms with Gasteiger partial charge in [0.2, 0.25) is 0 Å². The number of hydrogen-bond donors (Lipinski definition) is 0. The van der Waals surface area contributed by atoms with Crippen LogP contribution in [0.15, 0.2) is 30.3 Å². The predicted molar refractivity (Wildman–Crippen MR) is 96.0 cm³/mol. The smallest absolute Gasteiger partial charge is 0.00363 e. The molecule has 122 valence electrons. The molecule has 22 heavy (non-hydrogen) atoms. The molecule has 0 saturated heterocycles. The molecule has 1 aromatic carbocycles. The highest BCUT2D eigenvalue weighted by Crippen LogP contribution is 2.64. The lowest BCUT2D eigenvalue weighted by molar-refractivity contribution is -0.0740. The van der Waals surface area contributed by atoms with Crippen LogP contribution in [0.25, 0.3) is 0 Å². The van der Waals surface area contributed by atoms with Crippen LogP contribution in [0, 0.1) is 22.7 Å². The highest BCUT2D eigenvalue weighted by atomic mass is 14.6. The first-order chi connectivity index (χ1) is 10.3. The Labute approximate surface area is 137 Å². The molecule has 0 nitrogen and oxygen atoms in total. The summed E-state index contributed by atoms with van der Waals surface area (Å²) in [7, 11) is 0. The Morgan fingerprint density at radius 2 is 1.68 bits per heavy atom. The van der Waals surface area contributed by atoms with Crippen LogP contribution >= 0.6 is 0 Å². The van der Waals surface area contributed by atoms with E-state index in [2.05, 4.69) is 65.0 Å². The molecule has 4 unspecified atom stereocenters. The first kappa shape index (κ1) is 16.1. The van der Waals surface area contributed by atoms with E-state index in [1.54, 1.807) is 5.56 Å². The lowest BCUT2D eigenvalue weighted by Crippen LogP contribution is -2.53. The summed E-state index contributed by atoms with van der Waals surface area (Å²) in [6, 6.07) is 11.4. The van der Waals surface area contributed by atoms with Crippen LogP contribution < -0.4 is 0 Å². The molecule has 0 amide bonds. The van der Waals surface area contributed by atoms with Crippen molar-refractivity contribution >= 4 is 0 Å². The topological polar surface area (TPSA) is 0 Å². The van der Waals surface area contributed by atoms with Gasteiger partial charge in [-0.1, -0.05) is 71.4 Å². The van der Waals surface area contributed by atoms with E-state index in [1.165, 1.54) is 38.5 Å². The molecule has 2 fully saturated rings. The zero-order valence-electron chi connectivity index (χ0n) is 15.3. The van der Waals surface area contributed by atoms with Crippen molar-refractivity contribution in [2.24, 2.45) is 22.7 Å². The van der Waals surface area contributed by atoms with E-state index in [9.17, 15) is 0 Å². The van der Waals surface area contributed by atoms with Gasteiger partial charge in [-0.25, -0.2) is 0 Å². The van der Waals surface area contributed by atoms with Crippen molar-refractivity contribution in [3.63, 3.8) is 0 Å². The molecule has 0 N–H and O–H groups in total. The summed E-state index contributed by atoms with van der Waals surface area (Å²) in [5.74, 6) is 1.72. The van der Waals surface area contributed by atoms with Crippen LogP contribution in [0.3, 0.4) is 0 Å². The minimum atomic E-state index is 0.431. The Kier molecular flexibility index (Phi) is 3.94. The Morgan fingerprint density at radius 3 is 2.32 bits per heavy atom. The monoisotopic (exact) mass is 298 g/mol. The van der Waals surface area contributed by atoms with Gasteiger partial charge in [-0.15, -0.1) is 0 Å². The molecule has 0 spiro atoms. The molecular formula is C22H34. The summed E-state index contributed by atoms with van der Waals surface area (Å²) in [4.78, 5) is 0. The zero-order valence-corrected chi connectivity index (χ0v) is 15.3. The largest absolute Gasteiger partial charge is 0.0654 e. The number of rotatable bonds is 3. The van der Waals surface area contributed by atoms with E-state index in [1.807, 2.05) is 0 Å². The Balaban J connectivity index is 2.03. The highest BCUT2D eigenvalue weighted by Gasteiger charge is 2.56. The maximum absolute atomic E-state index is 2.60. The van der Waals surface area contributed by atoms with Crippen molar-refractivity contribution in [2.75, 3.05) is 0 Å². The summed E-state index contributed by atoms with van der Waals surface area (Å²) in [5.41, 5.74) is 3.07. The third kappa shape index (κ3) is 2.53. The lowest BCUT2D eigenvalue weighted by Gasteiger charge is -2.61. The van der Waals surface area contributed by atoms with Crippen LogP contribution in [0.4, 0.5) is 0 Å². The second-order valence-electron chi connectivity index (χ2n) is 9.45. The van der Waals surface area contributed by atoms with E-state index >= 15 is 0 Å². The van der Waals surface area contributed by atoms with Crippen LogP contribution in [-0.4, -0.2) is 0 Å². The molecule has 1 aromatic rings. The number of benzene rings is 1. The van der Waals surface area contributed by atoms with E-state index in [0.29, 0.717) is 16.2 Å². The summed E-state index contributed by atoms with van der Waals surface area (Å²) in [6.45, 7) is 12.5. The number of hydrogen-bond acceptors (Lipinski definition) is 0. The van der Waals surface area contributed by atoms with Crippen molar-refractivity contribution < 1.29 is 0 Å². The quantitative estimate of drug-likeness (QED) is 0.590. The fraction of sp³-hybridized carbons (Fsp3) is 0.727. The summed E-state index contributed by atoms with van der Waals surface area (Å²) in [6.07, 6.45) is 8.32. The van der Waals surface area contributed by atoms with Gasteiger partial charge in [-0.3, -0.25) is 0 Å². The average molecular weight is 299 g/mol. The van der Waals surface area contributed by atoms with Gasteiger partial charge in [0.15, 0.2) is 0 Å². The van der Waals surface area contributed by atoms with Crippen LogP contribution in [0.1, 0.15) is 78.7 Å². The maximum Gasteiger partial charge on any atom is -0.00363 e. The molecule has 2 bridgehead atoms. The van der Waals surface area contributed by atoms with Gasteiger partial charge in [0, 0.05) is 0 Å². The molecule has 2 aliphatic rings. The van der Waals surface area contributed by atoms with E-state index < -0.39 is 0 Å². The molecule has 3 rings (SSSR count). The molecule has 2 saturated carbocycles. The van der Waals surface area contributed by atoms with Gasteiger partial charge < -0.3 is 0 Å². The van der Waals surface area contributed by atoms with Crippen molar-refractivity contribution in [3.8, 4) is 0 Å². The van der Waals surface area contributed by atoms with E-state index in [4.69, 9.17) is 0 Å². The Bertz CT molecular complexity index is 510. The first-order valence-corrected chi connectivity index (χ1v) is 9.37. The second kappa shape index (κ2) is 5.39. The van der Waals surface area contributed by atoms with Crippen molar-refractivity contribution in [3.05, 3.63) is 35.9 Å². The highest BCUT2D eigenvalue weighted by molar-refractivity contribution is 5.29. The third-order valence-corrected chi connectivity index (χ3v) is 7.18. The minimum Gasteiger partial charge on any atom is -0.0654 e. The molecule has 0 heterocycles. The van der Waals surface area contributed by atoms with Gasteiger partial charge in [0.1, 0.15) is 0 Å². The lowest BCUT2D eigenvalue weighted by atomic mass is 9.43. The fourth-order valence-corrected chi connectivity index (χ4v) is 6.23. The standard InChI is InChI=1S/C22H34/c1-6-12-21(5)17(2)13-22(18-10-8-7-9-11-18)15-19(21)14-20(3,4)16-22/h7-11,17,19H,6,12-16H2,1-5H3. The van der Waals surface area contributed by atoms with Crippen LogP contribution in [0.5, 0.6) is 0 Å². The molecule has 0 aliphatic heterocycles. The van der Waals surface area contributed by atoms with Crippen molar-refractivity contribution in [2.45, 2.75) is 78.6 Å². The fourth-order valence-electron chi connectivity index (χ4n) is 6.23.